The number of nitrogens with zero attached hydrogens (tertiary/aromatic N) is 2. The molecule has 1 aliphatic carbocycles. The largest absolute Gasteiger partial charge is 0.324 e. The summed E-state index contributed by atoms with van der Waals surface area (Å²) in [5, 5.41) is 0.0327. The zero-order valence-electron chi connectivity index (χ0n) is 9.36. The van der Waals surface area contributed by atoms with Crippen LogP contribution in [0.1, 0.15) is 20.3 Å². The highest BCUT2D eigenvalue weighted by Crippen LogP contribution is 2.45. The molecule has 1 saturated carbocycles. The highest BCUT2D eigenvalue weighted by molar-refractivity contribution is 7.89. The second-order valence-electron chi connectivity index (χ2n) is 4.82. The van der Waals surface area contributed by atoms with E-state index in [0.717, 1.165) is 6.42 Å². The molecule has 0 bridgehead atoms. The quantitative estimate of drug-likeness (QED) is 0.890. The Morgan fingerprint density at radius 1 is 1.62 bits per heavy atom. The fourth-order valence-corrected chi connectivity index (χ4v) is 3.32. The highest BCUT2D eigenvalue weighted by Gasteiger charge is 2.48. The van der Waals surface area contributed by atoms with E-state index in [2.05, 4.69) is 9.71 Å². The summed E-state index contributed by atoms with van der Waals surface area (Å²) in [5.74, 6) is 0. The molecule has 7 heteroatoms. The van der Waals surface area contributed by atoms with Crippen LogP contribution in [-0.2, 0) is 17.1 Å². The number of nitrogens with one attached hydrogen (secondary N) is 1. The van der Waals surface area contributed by atoms with Crippen molar-refractivity contribution in [3.63, 3.8) is 0 Å². The average Bonchev–Trinajstić information content (AvgIpc) is 2.53. The van der Waals surface area contributed by atoms with Gasteiger partial charge in [-0.05, 0) is 11.8 Å². The van der Waals surface area contributed by atoms with Crippen molar-refractivity contribution in [2.75, 3.05) is 0 Å². The van der Waals surface area contributed by atoms with Crippen molar-refractivity contribution in [3.05, 3.63) is 11.5 Å². The molecular formula is C9H14ClN3O2S. The average molecular weight is 264 g/mol. The summed E-state index contributed by atoms with van der Waals surface area (Å²) in [6.07, 6.45) is 2.23. The van der Waals surface area contributed by atoms with Crippen LogP contribution in [0.15, 0.2) is 11.4 Å². The lowest BCUT2D eigenvalue weighted by Crippen LogP contribution is -2.29. The standard InChI is InChI=1S/C9H14ClN3O2S/c1-9(2)4-6(9)12-16(14,15)8-7(10)13(3)5-11-8/h5-6,12H,4H2,1-3H3. The molecule has 16 heavy (non-hydrogen) atoms. The molecule has 90 valence electrons. The fourth-order valence-electron chi connectivity index (χ4n) is 1.49. The van der Waals surface area contributed by atoms with Gasteiger partial charge in [0.2, 0.25) is 5.03 Å². The molecule has 1 fully saturated rings. The maximum atomic E-state index is 11.9. The summed E-state index contributed by atoms with van der Waals surface area (Å²) in [7, 11) is -1.94. The summed E-state index contributed by atoms with van der Waals surface area (Å²) in [6, 6.07) is -0.0180. The van der Waals surface area contributed by atoms with Gasteiger partial charge in [0, 0.05) is 13.1 Å². The topological polar surface area (TPSA) is 64.0 Å². The molecule has 1 aliphatic rings. The van der Waals surface area contributed by atoms with E-state index in [1.165, 1.54) is 10.9 Å². The van der Waals surface area contributed by atoms with Crippen LogP contribution in [0.5, 0.6) is 0 Å². The van der Waals surface area contributed by atoms with Crippen molar-refractivity contribution in [3.8, 4) is 0 Å². The highest BCUT2D eigenvalue weighted by atomic mass is 35.5. The summed E-state index contributed by atoms with van der Waals surface area (Å²) >= 11 is 5.85. The molecule has 2 rings (SSSR count). The second kappa shape index (κ2) is 3.45. The van der Waals surface area contributed by atoms with Gasteiger partial charge in [-0.25, -0.2) is 18.1 Å². The maximum Gasteiger partial charge on any atom is 0.261 e. The molecule has 5 nitrogen and oxygen atoms in total. The van der Waals surface area contributed by atoms with Crippen LogP contribution in [0.4, 0.5) is 0 Å². The molecule has 1 aromatic heterocycles. The van der Waals surface area contributed by atoms with Crippen LogP contribution in [0.2, 0.25) is 5.15 Å². The van der Waals surface area contributed by atoms with E-state index in [1.807, 2.05) is 13.8 Å². The number of imidazole rings is 1. The maximum absolute atomic E-state index is 11.9. The third-order valence-corrected chi connectivity index (χ3v) is 4.86. The van der Waals surface area contributed by atoms with Crippen LogP contribution in [0.25, 0.3) is 0 Å². The Morgan fingerprint density at radius 3 is 2.56 bits per heavy atom. The predicted molar refractivity (Wildman–Crippen MR) is 60.7 cm³/mol. The number of hydrogen-bond acceptors (Lipinski definition) is 3. The van der Waals surface area contributed by atoms with Crippen LogP contribution in [-0.4, -0.2) is 24.0 Å². The first kappa shape index (κ1) is 11.9. The fraction of sp³-hybridized carbons (Fsp3) is 0.667. The number of hydrogen-bond donors (Lipinski definition) is 1. The van der Waals surface area contributed by atoms with Crippen molar-refractivity contribution < 1.29 is 8.42 Å². The van der Waals surface area contributed by atoms with Crippen LogP contribution < -0.4 is 4.72 Å². The molecule has 0 spiro atoms. The van der Waals surface area contributed by atoms with Gasteiger partial charge in [-0.15, -0.1) is 0 Å². The van der Waals surface area contributed by atoms with Gasteiger partial charge in [0.05, 0.1) is 6.33 Å². The predicted octanol–water partition coefficient (Wildman–Crippen LogP) is 1.15. The van der Waals surface area contributed by atoms with Gasteiger partial charge in [-0.1, -0.05) is 25.4 Å². The summed E-state index contributed by atoms with van der Waals surface area (Å²) in [5.41, 5.74) is 0.0360. The monoisotopic (exact) mass is 263 g/mol. The lowest BCUT2D eigenvalue weighted by molar-refractivity contribution is 0.552. The Hall–Kier alpha value is -0.590. The van der Waals surface area contributed by atoms with Crippen molar-refractivity contribution in [2.45, 2.75) is 31.3 Å². The van der Waals surface area contributed by atoms with E-state index < -0.39 is 10.0 Å². The first-order valence-corrected chi connectivity index (χ1v) is 6.79. The van der Waals surface area contributed by atoms with E-state index in [1.54, 1.807) is 7.05 Å². The smallest absolute Gasteiger partial charge is 0.261 e. The zero-order chi connectivity index (χ0) is 12.1. The second-order valence-corrected chi connectivity index (χ2v) is 6.81. The molecule has 0 radical (unpaired) electrons. The minimum absolute atomic E-state index is 0.0180. The molecule has 0 aromatic carbocycles. The van der Waals surface area contributed by atoms with Crippen LogP contribution >= 0.6 is 11.6 Å². The van der Waals surface area contributed by atoms with E-state index >= 15 is 0 Å². The number of halogens is 1. The van der Waals surface area contributed by atoms with Gasteiger partial charge in [-0.2, -0.15) is 0 Å². The molecule has 1 heterocycles. The minimum atomic E-state index is -3.59. The third-order valence-electron chi connectivity index (χ3n) is 2.90. The van der Waals surface area contributed by atoms with Crippen molar-refractivity contribution in [1.29, 1.82) is 0 Å². The van der Waals surface area contributed by atoms with E-state index in [9.17, 15) is 8.42 Å². The molecule has 1 aromatic rings. The Labute approximate surface area is 99.9 Å². The number of aryl methyl sites for hydroxylation is 1. The number of sulfonamides is 1. The normalized spacial score (nSPS) is 23.4. The Bertz CT molecular complexity index is 521. The van der Waals surface area contributed by atoms with Gasteiger partial charge in [0.1, 0.15) is 5.15 Å². The molecule has 0 aliphatic heterocycles. The van der Waals surface area contributed by atoms with Gasteiger partial charge in [0.25, 0.3) is 10.0 Å². The van der Waals surface area contributed by atoms with E-state index in [0.29, 0.717) is 0 Å². The number of aromatic nitrogens is 2. The molecule has 0 saturated heterocycles. The van der Waals surface area contributed by atoms with E-state index in [-0.39, 0.29) is 21.6 Å². The van der Waals surface area contributed by atoms with Gasteiger partial charge < -0.3 is 4.57 Å². The van der Waals surface area contributed by atoms with Gasteiger partial charge >= 0.3 is 0 Å². The molecule has 1 unspecified atom stereocenters. The SMILES string of the molecule is Cn1cnc(S(=O)(=O)NC2CC2(C)C)c1Cl. The van der Waals surface area contributed by atoms with E-state index in [4.69, 9.17) is 11.6 Å². The van der Waals surface area contributed by atoms with Crippen LogP contribution in [0, 0.1) is 5.41 Å². The first-order valence-electron chi connectivity index (χ1n) is 4.93. The van der Waals surface area contributed by atoms with Crippen molar-refractivity contribution in [2.24, 2.45) is 12.5 Å². The molecule has 0 amide bonds. The Balaban J connectivity index is 2.24. The Morgan fingerprint density at radius 2 is 2.19 bits per heavy atom. The van der Waals surface area contributed by atoms with Gasteiger partial charge in [-0.3, -0.25) is 0 Å². The lowest BCUT2D eigenvalue weighted by Gasteiger charge is -2.06. The molecule has 1 atom stereocenters. The van der Waals surface area contributed by atoms with Gasteiger partial charge in [0.15, 0.2) is 0 Å². The zero-order valence-corrected chi connectivity index (χ0v) is 10.9. The first-order chi connectivity index (χ1) is 7.24. The van der Waals surface area contributed by atoms with Crippen molar-refractivity contribution >= 4 is 21.6 Å². The Kier molecular flexibility index (Phi) is 2.56. The summed E-state index contributed by atoms with van der Waals surface area (Å²) in [4.78, 5) is 3.80. The molecule has 1 N–H and O–H groups in total. The summed E-state index contributed by atoms with van der Waals surface area (Å²) < 4.78 is 27.9. The number of rotatable bonds is 3. The minimum Gasteiger partial charge on any atom is -0.324 e. The van der Waals surface area contributed by atoms with Crippen molar-refractivity contribution in [1.82, 2.24) is 14.3 Å². The van der Waals surface area contributed by atoms with Crippen LogP contribution in [0.3, 0.4) is 0 Å². The lowest BCUT2D eigenvalue weighted by atomic mass is 10.2. The molecular weight excluding hydrogens is 250 g/mol. The summed E-state index contributed by atoms with van der Waals surface area (Å²) in [6.45, 7) is 4.03. The third kappa shape index (κ3) is 1.97.